The van der Waals surface area contributed by atoms with E-state index in [-0.39, 0.29) is 11.4 Å². The molecule has 1 aromatic heterocycles. The maximum atomic E-state index is 12.1. The zero-order valence-electron chi connectivity index (χ0n) is 10.5. The molecule has 0 unspecified atom stereocenters. The van der Waals surface area contributed by atoms with Gasteiger partial charge in [-0.25, -0.2) is 0 Å². The van der Waals surface area contributed by atoms with Crippen LogP contribution in [0.4, 0.5) is 0 Å². The first-order valence-corrected chi connectivity index (χ1v) is 7.15. The first kappa shape index (κ1) is 12.0. The van der Waals surface area contributed by atoms with E-state index < -0.39 is 0 Å². The van der Waals surface area contributed by atoms with Crippen LogP contribution >= 0.6 is 11.5 Å². The van der Waals surface area contributed by atoms with E-state index >= 15 is 0 Å². The number of esters is 1. The summed E-state index contributed by atoms with van der Waals surface area (Å²) in [7, 11) is 1.50. The molecule has 1 aliphatic heterocycles. The van der Waals surface area contributed by atoms with Gasteiger partial charge in [0.05, 0.1) is 18.2 Å². The molecule has 1 aliphatic carbocycles. The van der Waals surface area contributed by atoms with Crippen molar-refractivity contribution >= 4 is 17.5 Å². The lowest BCUT2D eigenvalue weighted by atomic mass is 9.81. The molecule has 0 spiro atoms. The summed E-state index contributed by atoms with van der Waals surface area (Å²) in [4.78, 5) is 14.4. The van der Waals surface area contributed by atoms with Crippen molar-refractivity contribution in [1.82, 2.24) is 14.5 Å². The third-order valence-electron chi connectivity index (χ3n) is 4.32. The average molecular weight is 267 g/mol. The zero-order valence-corrected chi connectivity index (χ0v) is 11.3. The van der Waals surface area contributed by atoms with E-state index in [4.69, 9.17) is 4.74 Å². The molecular weight excluding hydrogens is 250 g/mol. The summed E-state index contributed by atoms with van der Waals surface area (Å²) >= 11 is 1.37. The Kier molecular flexibility index (Phi) is 3.07. The van der Waals surface area contributed by atoms with Crippen molar-refractivity contribution in [3.05, 3.63) is 11.1 Å². The minimum atomic E-state index is -0.252. The standard InChI is InChI=1S/C12H17N3O2S/c1-17-11(16)12-4-2-3-9(12)5-15(8-12)6-10-7-18-14-13-10/h7,9H,2-6,8H2,1H3/t9-,12-/m0/s1. The van der Waals surface area contributed by atoms with Crippen LogP contribution in [0.3, 0.4) is 0 Å². The van der Waals surface area contributed by atoms with E-state index in [0.29, 0.717) is 5.92 Å². The van der Waals surface area contributed by atoms with Crippen LogP contribution in [-0.4, -0.2) is 40.7 Å². The first-order valence-electron chi connectivity index (χ1n) is 6.31. The van der Waals surface area contributed by atoms with Gasteiger partial charge in [0.25, 0.3) is 0 Å². The molecule has 2 fully saturated rings. The fourth-order valence-corrected chi connectivity index (χ4v) is 3.98. The Labute approximate surface area is 110 Å². The average Bonchev–Trinajstić information content (AvgIpc) is 3.03. The molecule has 0 aromatic carbocycles. The largest absolute Gasteiger partial charge is 0.469 e. The molecule has 1 aromatic rings. The van der Waals surface area contributed by atoms with Gasteiger partial charge in [-0.05, 0) is 30.3 Å². The summed E-state index contributed by atoms with van der Waals surface area (Å²) in [5.74, 6) is 0.431. The zero-order chi connectivity index (χ0) is 12.6. The van der Waals surface area contributed by atoms with E-state index in [1.54, 1.807) is 0 Å². The van der Waals surface area contributed by atoms with Crippen molar-refractivity contribution in [1.29, 1.82) is 0 Å². The fourth-order valence-electron chi connectivity index (χ4n) is 3.53. The molecule has 18 heavy (non-hydrogen) atoms. The summed E-state index contributed by atoms with van der Waals surface area (Å²) in [5, 5.41) is 6.04. The van der Waals surface area contributed by atoms with Crippen molar-refractivity contribution < 1.29 is 9.53 Å². The van der Waals surface area contributed by atoms with Crippen LogP contribution in [0.2, 0.25) is 0 Å². The molecule has 2 heterocycles. The number of fused-ring (bicyclic) bond motifs is 1. The number of methoxy groups -OCH3 is 1. The number of rotatable bonds is 3. The monoisotopic (exact) mass is 267 g/mol. The highest BCUT2D eigenvalue weighted by atomic mass is 32.1. The number of carbonyl (C=O) groups excluding carboxylic acids is 1. The van der Waals surface area contributed by atoms with Gasteiger partial charge in [0, 0.05) is 25.0 Å². The normalized spacial score (nSPS) is 31.5. The third-order valence-corrected chi connectivity index (χ3v) is 4.88. The molecule has 3 rings (SSSR count). The molecule has 2 atom stereocenters. The van der Waals surface area contributed by atoms with Crippen LogP contribution in [0.1, 0.15) is 25.0 Å². The quantitative estimate of drug-likeness (QED) is 0.773. The molecule has 0 radical (unpaired) electrons. The second-order valence-corrected chi connectivity index (χ2v) is 5.91. The van der Waals surface area contributed by atoms with Crippen molar-refractivity contribution in [3.8, 4) is 0 Å². The number of nitrogens with zero attached hydrogens (tertiary/aromatic N) is 3. The van der Waals surface area contributed by atoms with Gasteiger partial charge >= 0.3 is 5.97 Å². The minimum absolute atomic E-state index is 0.0242. The topological polar surface area (TPSA) is 55.3 Å². The molecule has 0 amide bonds. The van der Waals surface area contributed by atoms with Gasteiger partial charge in [-0.3, -0.25) is 9.69 Å². The molecule has 0 bridgehead atoms. The van der Waals surface area contributed by atoms with Crippen LogP contribution in [0, 0.1) is 11.3 Å². The summed E-state index contributed by atoms with van der Waals surface area (Å²) in [6.07, 6.45) is 3.25. The van der Waals surface area contributed by atoms with Crippen LogP contribution in [-0.2, 0) is 16.1 Å². The van der Waals surface area contributed by atoms with E-state index in [1.807, 2.05) is 5.38 Å². The van der Waals surface area contributed by atoms with Gasteiger partial charge in [-0.2, -0.15) is 0 Å². The highest BCUT2D eigenvalue weighted by Crippen LogP contribution is 2.49. The first-order chi connectivity index (χ1) is 8.74. The molecule has 1 saturated carbocycles. The molecule has 6 heteroatoms. The van der Waals surface area contributed by atoms with Gasteiger partial charge in [-0.1, -0.05) is 10.9 Å². The molecule has 1 saturated heterocycles. The van der Waals surface area contributed by atoms with E-state index in [0.717, 1.165) is 44.6 Å². The Morgan fingerprint density at radius 2 is 2.61 bits per heavy atom. The fraction of sp³-hybridized carbons (Fsp3) is 0.750. The second kappa shape index (κ2) is 4.59. The van der Waals surface area contributed by atoms with Crippen LogP contribution in [0.25, 0.3) is 0 Å². The Morgan fingerprint density at radius 3 is 3.33 bits per heavy atom. The SMILES string of the molecule is COC(=O)[C@]12CCC[C@H]1CN(Cc1csnn1)C2. The molecule has 2 aliphatic rings. The van der Waals surface area contributed by atoms with Gasteiger partial charge in [0.1, 0.15) is 0 Å². The summed E-state index contributed by atoms with van der Waals surface area (Å²) in [5.41, 5.74) is 0.748. The lowest BCUT2D eigenvalue weighted by Gasteiger charge is -2.25. The lowest BCUT2D eigenvalue weighted by molar-refractivity contribution is -0.153. The maximum Gasteiger partial charge on any atom is 0.313 e. The number of aromatic nitrogens is 2. The number of likely N-dealkylation sites (tertiary alicyclic amines) is 1. The van der Waals surface area contributed by atoms with Crippen LogP contribution in [0.5, 0.6) is 0 Å². The minimum Gasteiger partial charge on any atom is -0.469 e. The lowest BCUT2D eigenvalue weighted by Crippen LogP contribution is -2.36. The van der Waals surface area contributed by atoms with Crippen molar-refractivity contribution in [2.45, 2.75) is 25.8 Å². The van der Waals surface area contributed by atoms with E-state index in [9.17, 15) is 4.79 Å². The number of carbonyl (C=O) groups is 1. The van der Waals surface area contributed by atoms with E-state index in [1.165, 1.54) is 18.6 Å². The van der Waals surface area contributed by atoms with Crippen molar-refractivity contribution in [2.75, 3.05) is 20.2 Å². The smallest absolute Gasteiger partial charge is 0.313 e. The predicted octanol–water partition coefficient (Wildman–Crippen LogP) is 1.31. The second-order valence-electron chi connectivity index (χ2n) is 5.30. The third kappa shape index (κ3) is 1.83. The van der Waals surface area contributed by atoms with E-state index in [2.05, 4.69) is 14.5 Å². The van der Waals surface area contributed by atoms with Crippen molar-refractivity contribution in [2.24, 2.45) is 11.3 Å². The van der Waals surface area contributed by atoms with Gasteiger partial charge < -0.3 is 4.74 Å². The number of ether oxygens (including phenoxy) is 1. The van der Waals surface area contributed by atoms with Crippen molar-refractivity contribution in [3.63, 3.8) is 0 Å². The molecular formula is C12H17N3O2S. The maximum absolute atomic E-state index is 12.1. The van der Waals surface area contributed by atoms with Crippen LogP contribution < -0.4 is 0 Å². The molecule has 5 nitrogen and oxygen atoms in total. The van der Waals surface area contributed by atoms with Gasteiger partial charge in [0.2, 0.25) is 0 Å². The van der Waals surface area contributed by atoms with Gasteiger partial charge in [0.15, 0.2) is 0 Å². The summed E-state index contributed by atoms with van der Waals surface area (Å²) in [6.45, 7) is 2.58. The Bertz CT molecular complexity index is 437. The molecule has 0 N–H and O–H groups in total. The summed E-state index contributed by atoms with van der Waals surface area (Å²) < 4.78 is 8.91. The predicted molar refractivity (Wildman–Crippen MR) is 67.0 cm³/mol. The van der Waals surface area contributed by atoms with Gasteiger partial charge in [-0.15, -0.1) is 5.10 Å². The highest BCUT2D eigenvalue weighted by Gasteiger charge is 2.55. The molecule has 98 valence electrons. The highest BCUT2D eigenvalue weighted by molar-refractivity contribution is 7.03. The Morgan fingerprint density at radius 1 is 1.72 bits per heavy atom. The number of hydrogen-bond donors (Lipinski definition) is 0. The Balaban J connectivity index is 1.74. The number of hydrogen-bond acceptors (Lipinski definition) is 6. The summed E-state index contributed by atoms with van der Waals surface area (Å²) in [6, 6.07) is 0. The van der Waals surface area contributed by atoms with Crippen LogP contribution in [0.15, 0.2) is 5.38 Å². The Hall–Kier alpha value is -1.01.